The number of carboxylic acid groups (broad SMARTS) is 1. The van der Waals surface area contributed by atoms with Crippen LogP contribution < -0.4 is 10.1 Å². The lowest BCUT2D eigenvalue weighted by atomic mass is 9.72. The number of carboxylic acids is 1. The second-order valence-electron chi connectivity index (χ2n) is 11.7. The van der Waals surface area contributed by atoms with Gasteiger partial charge in [0.05, 0.1) is 18.7 Å². The maximum absolute atomic E-state index is 14.4. The van der Waals surface area contributed by atoms with E-state index in [1.54, 1.807) is 42.5 Å². The largest absolute Gasteiger partial charge is 0.496 e. The number of ether oxygens (including phenoxy) is 2. The van der Waals surface area contributed by atoms with Gasteiger partial charge in [0, 0.05) is 31.2 Å². The van der Waals surface area contributed by atoms with E-state index in [4.69, 9.17) is 9.47 Å². The SMILES string of the molecule is COc1ccc(C(F)(F)F)cc1CN[C@@H]1[C@@H](C(C)(C)C)[C@H](C(=O)O)N(C(=O)[C@H](OC)c2ccccc2)[C@@H]1c1ccccc1. The molecule has 3 aromatic carbocycles. The highest BCUT2D eigenvalue weighted by molar-refractivity contribution is 5.89. The van der Waals surface area contributed by atoms with Crippen molar-refractivity contribution in [3.05, 3.63) is 101 Å². The van der Waals surface area contributed by atoms with Crippen LogP contribution >= 0.6 is 0 Å². The van der Waals surface area contributed by atoms with Crippen LogP contribution in [-0.2, 0) is 27.0 Å². The minimum atomic E-state index is -4.56. The number of likely N-dealkylation sites (tertiary alicyclic amines) is 1. The van der Waals surface area contributed by atoms with E-state index in [1.807, 2.05) is 39.0 Å². The third kappa shape index (κ3) is 6.70. The Labute approximate surface area is 249 Å². The monoisotopic (exact) mass is 598 g/mol. The highest BCUT2D eigenvalue weighted by Gasteiger charge is 2.58. The van der Waals surface area contributed by atoms with Crippen molar-refractivity contribution in [2.24, 2.45) is 11.3 Å². The smallest absolute Gasteiger partial charge is 0.416 e. The predicted octanol–water partition coefficient (Wildman–Crippen LogP) is 6.26. The summed E-state index contributed by atoms with van der Waals surface area (Å²) >= 11 is 0. The van der Waals surface area contributed by atoms with Gasteiger partial charge in [-0.05, 0) is 34.7 Å². The number of amides is 1. The number of nitrogens with one attached hydrogen (secondary N) is 1. The molecular formula is C33H37F3N2O5. The molecule has 0 saturated carbocycles. The van der Waals surface area contributed by atoms with Crippen molar-refractivity contribution in [3.63, 3.8) is 0 Å². The summed E-state index contributed by atoms with van der Waals surface area (Å²) in [6.45, 7) is 5.63. The Morgan fingerprint density at radius 2 is 1.56 bits per heavy atom. The molecule has 1 aliphatic heterocycles. The van der Waals surface area contributed by atoms with Crippen molar-refractivity contribution in [2.75, 3.05) is 14.2 Å². The molecule has 4 rings (SSSR count). The van der Waals surface area contributed by atoms with Gasteiger partial charge in [0.1, 0.15) is 11.8 Å². The number of halogens is 3. The van der Waals surface area contributed by atoms with E-state index in [-0.39, 0.29) is 17.9 Å². The molecule has 7 nitrogen and oxygen atoms in total. The summed E-state index contributed by atoms with van der Waals surface area (Å²) in [5.41, 5.74) is 0.0476. The minimum Gasteiger partial charge on any atom is -0.496 e. The lowest BCUT2D eigenvalue weighted by Gasteiger charge is -2.35. The van der Waals surface area contributed by atoms with Gasteiger partial charge in [-0.2, -0.15) is 13.2 Å². The zero-order chi connectivity index (χ0) is 31.5. The second kappa shape index (κ2) is 12.8. The first-order valence-corrected chi connectivity index (χ1v) is 13.9. The molecule has 230 valence electrons. The number of aliphatic carboxylic acids is 1. The van der Waals surface area contributed by atoms with Crippen LogP contribution in [0.25, 0.3) is 0 Å². The summed E-state index contributed by atoms with van der Waals surface area (Å²) in [4.78, 5) is 28.8. The molecule has 0 aromatic heterocycles. The van der Waals surface area contributed by atoms with E-state index in [0.717, 1.165) is 12.1 Å². The molecule has 43 heavy (non-hydrogen) atoms. The van der Waals surface area contributed by atoms with E-state index in [0.29, 0.717) is 11.1 Å². The number of nitrogens with zero attached hydrogens (tertiary/aromatic N) is 1. The highest BCUT2D eigenvalue weighted by Crippen LogP contribution is 2.49. The fourth-order valence-electron chi connectivity index (χ4n) is 6.19. The van der Waals surface area contributed by atoms with Gasteiger partial charge in [0.15, 0.2) is 6.10 Å². The van der Waals surface area contributed by atoms with E-state index < -0.39 is 59.2 Å². The zero-order valence-corrected chi connectivity index (χ0v) is 24.8. The fourth-order valence-corrected chi connectivity index (χ4v) is 6.19. The maximum Gasteiger partial charge on any atom is 0.416 e. The van der Waals surface area contributed by atoms with Crippen LogP contribution in [0.3, 0.4) is 0 Å². The number of rotatable bonds is 9. The topological polar surface area (TPSA) is 88.1 Å². The second-order valence-corrected chi connectivity index (χ2v) is 11.7. The molecule has 0 aliphatic carbocycles. The Kier molecular flexibility index (Phi) is 9.51. The van der Waals surface area contributed by atoms with E-state index >= 15 is 0 Å². The molecule has 3 aromatic rings. The molecule has 1 fully saturated rings. The van der Waals surface area contributed by atoms with Crippen LogP contribution in [0, 0.1) is 11.3 Å². The number of hydrogen-bond donors (Lipinski definition) is 2. The molecule has 1 saturated heterocycles. The van der Waals surface area contributed by atoms with Crippen LogP contribution in [0.4, 0.5) is 13.2 Å². The van der Waals surface area contributed by atoms with Crippen molar-refractivity contribution < 1.29 is 37.3 Å². The zero-order valence-electron chi connectivity index (χ0n) is 24.8. The maximum atomic E-state index is 14.4. The molecule has 0 unspecified atom stereocenters. The van der Waals surface area contributed by atoms with Gasteiger partial charge in [-0.15, -0.1) is 0 Å². The number of carbonyl (C=O) groups is 2. The molecule has 1 heterocycles. The molecule has 1 aliphatic rings. The summed E-state index contributed by atoms with van der Waals surface area (Å²) in [6, 6.07) is 18.4. The van der Waals surface area contributed by atoms with Crippen molar-refractivity contribution in [2.45, 2.75) is 57.7 Å². The van der Waals surface area contributed by atoms with Crippen LogP contribution in [-0.4, -0.2) is 48.2 Å². The average Bonchev–Trinajstić information content (AvgIpc) is 3.33. The summed E-state index contributed by atoms with van der Waals surface area (Å²) in [5.74, 6) is -2.10. The number of carbonyl (C=O) groups excluding carboxylic acids is 1. The van der Waals surface area contributed by atoms with Gasteiger partial charge in [-0.25, -0.2) is 4.79 Å². The Balaban J connectivity index is 1.86. The molecule has 0 spiro atoms. The van der Waals surface area contributed by atoms with Gasteiger partial charge < -0.3 is 24.8 Å². The van der Waals surface area contributed by atoms with Crippen molar-refractivity contribution in [1.29, 1.82) is 0 Å². The number of benzene rings is 3. The first-order chi connectivity index (χ1) is 20.3. The van der Waals surface area contributed by atoms with Gasteiger partial charge in [0.25, 0.3) is 5.91 Å². The summed E-state index contributed by atoms with van der Waals surface area (Å²) in [6.07, 6.45) is -5.63. The third-order valence-corrected chi connectivity index (χ3v) is 8.01. The van der Waals surface area contributed by atoms with Crippen LogP contribution in [0.5, 0.6) is 5.75 Å². The van der Waals surface area contributed by atoms with Crippen molar-refractivity contribution >= 4 is 11.9 Å². The van der Waals surface area contributed by atoms with Crippen LogP contribution in [0.2, 0.25) is 0 Å². The normalized spacial score (nSPS) is 21.4. The van der Waals surface area contributed by atoms with E-state index in [2.05, 4.69) is 5.32 Å². The molecule has 1 amide bonds. The van der Waals surface area contributed by atoms with Gasteiger partial charge in [-0.1, -0.05) is 81.4 Å². The Morgan fingerprint density at radius 1 is 0.953 bits per heavy atom. The van der Waals surface area contributed by atoms with Crippen LogP contribution in [0.15, 0.2) is 78.9 Å². The number of alkyl halides is 3. The molecule has 0 bridgehead atoms. The van der Waals surface area contributed by atoms with Gasteiger partial charge in [0.2, 0.25) is 0 Å². The Morgan fingerprint density at radius 3 is 2.07 bits per heavy atom. The first-order valence-electron chi connectivity index (χ1n) is 13.9. The summed E-state index contributed by atoms with van der Waals surface area (Å²) < 4.78 is 51.8. The Hall–Kier alpha value is -3.89. The van der Waals surface area contributed by atoms with E-state index in [9.17, 15) is 27.9 Å². The Bertz CT molecular complexity index is 1410. The minimum absolute atomic E-state index is 0.0611. The molecule has 10 heteroatoms. The first kappa shape index (κ1) is 32.0. The summed E-state index contributed by atoms with van der Waals surface area (Å²) in [5, 5.41) is 14.0. The average molecular weight is 599 g/mol. The fraction of sp³-hybridized carbons (Fsp3) is 0.394. The standard InChI is InChI=1S/C33H37F3N2O5/c1-32(2,3)25-26(37-19-22-18-23(33(34,35)36)16-17-24(22)42-4)27(20-12-8-6-9-13-20)38(28(25)31(40)41)30(39)29(43-5)21-14-10-7-11-15-21/h6-18,25-29,37H,19H2,1-5H3,(H,40,41)/t25-,26-,27-,28-,29-/m1/s1. The van der Waals surface area contributed by atoms with Gasteiger partial charge >= 0.3 is 12.1 Å². The van der Waals surface area contributed by atoms with Crippen molar-refractivity contribution in [1.82, 2.24) is 10.2 Å². The van der Waals surface area contributed by atoms with Crippen LogP contribution in [0.1, 0.15) is 55.2 Å². The third-order valence-electron chi connectivity index (χ3n) is 8.01. The van der Waals surface area contributed by atoms with E-state index in [1.165, 1.54) is 25.2 Å². The number of hydrogen-bond acceptors (Lipinski definition) is 5. The molecule has 2 N–H and O–H groups in total. The molecular weight excluding hydrogens is 561 g/mol. The summed E-state index contributed by atoms with van der Waals surface area (Å²) in [7, 11) is 2.78. The lowest BCUT2D eigenvalue weighted by Crippen LogP contribution is -2.49. The van der Waals surface area contributed by atoms with Crippen molar-refractivity contribution in [3.8, 4) is 5.75 Å². The quantitative estimate of drug-likeness (QED) is 0.303. The number of methoxy groups -OCH3 is 2. The van der Waals surface area contributed by atoms with Gasteiger partial charge in [-0.3, -0.25) is 4.79 Å². The highest BCUT2D eigenvalue weighted by atomic mass is 19.4. The molecule has 0 radical (unpaired) electrons. The molecule has 5 atom stereocenters. The lowest BCUT2D eigenvalue weighted by molar-refractivity contribution is -0.157. The predicted molar refractivity (Wildman–Crippen MR) is 155 cm³/mol.